The maximum atomic E-state index is 10.1. The van der Waals surface area contributed by atoms with Crippen LogP contribution in [0.3, 0.4) is 0 Å². The number of aliphatic hydroxyl groups excluding tert-OH is 1. The van der Waals surface area contributed by atoms with E-state index in [-0.39, 0.29) is 0 Å². The number of benzene rings is 1. The summed E-state index contributed by atoms with van der Waals surface area (Å²) >= 11 is 0. The largest absolute Gasteiger partial charge is 0.389 e. The molecule has 2 aromatic rings. The molecule has 0 spiro atoms. The molecule has 0 radical (unpaired) electrons. The van der Waals surface area contributed by atoms with E-state index < -0.39 is 6.10 Å². The number of hydrogen-bond donors (Lipinski definition) is 2. The van der Waals surface area contributed by atoms with Gasteiger partial charge in [0.05, 0.1) is 31.1 Å². The lowest BCUT2D eigenvalue weighted by Crippen LogP contribution is -2.39. The number of nitrogens with zero attached hydrogens (tertiary/aromatic N) is 4. The highest BCUT2D eigenvalue weighted by molar-refractivity contribution is 5.79. The van der Waals surface area contributed by atoms with Crippen molar-refractivity contribution in [3.05, 3.63) is 48.3 Å². The molecule has 1 heterocycles. The predicted octanol–water partition coefficient (Wildman–Crippen LogP) is 2.30. The van der Waals surface area contributed by atoms with Gasteiger partial charge in [0.25, 0.3) is 0 Å². The lowest BCUT2D eigenvalue weighted by molar-refractivity contribution is 0.0300. The van der Waals surface area contributed by atoms with E-state index in [0.717, 1.165) is 23.8 Å². The number of guanidine groups is 1. The number of hydrogen-bond acceptors (Lipinski definition) is 4. The smallest absolute Gasteiger partial charge is 0.194 e. The van der Waals surface area contributed by atoms with Gasteiger partial charge in [0.2, 0.25) is 0 Å². The Morgan fingerprint density at radius 2 is 2.04 bits per heavy atom. The SMILES string of the molecule is CCNC(=NCC(O)COCC(C)C)N(C)Cc1cnn(-c2ccccc2)c1. The van der Waals surface area contributed by atoms with Crippen LogP contribution in [-0.4, -0.2) is 65.2 Å². The standard InChI is InChI=1S/C21H33N5O2/c1-5-22-21(23-12-20(27)16-28-15-17(2)3)25(4)13-18-11-24-26(14-18)19-9-7-6-8-10-19/h6-11,14,17,20,27H,5,12-13,15-16H2,1-4H3,(H,22,23). The summed E-state index contributed by atoms with van der Waals surface area (Å²) in [7, 11) is 1.98. The van der Waals surface area contributed by atoms with Gasteiger partial charge in [-0.1, -0.05) is 32.0 Å². The third kappa shape index (κ3) is 7.32. The Hall–Kier alpha value is -2.38. The Kier molecular flexibility index (Phi) is 8.97. The van der Waals surface area contributed by atoms with E-state index >= 15 is 0 Å². The monoisotopic (exact) mass is 387 g/mol. The zero-order chi connectivity index (χ0) is 20.4. The molecule has 2 N–H and O–H groups in total. The molecule has 7 nitrogen and oxygen atoms in total. The van der Waals surface area contributed by atoms with Gasteiger partial charge in [-0.25, -0.2) is 4.68 Å². The van der Waals surface area contributed by atoms with Crippen molar-refractivity contribution < 1.29 is 9.84 Å². The van der Waals surface area contributed by atoms with Crippen molar-refractivity contribution in [2.75, 3.05) is 33.4 Å². The Morgan fingerprint density at radius 3 is 2.71 bits per heavy atom. The van der Waals surface area contributed by atoms with Gasteiger partial charge < -0.3 is 20.1 Å². The Morgan fingerprint density at radius 1 is 1.29 bits per heavy atom. The van der Waals surface area contributed by atoms with E-state index in [1.165, 1.54) is 0 Å². The van der Waals surface area contributed by atoms with E-state index in [4.69, 9.17) is 4.74 Å². The summed E-state index contributed by atoms with van der Waals surface area (Å²) < 4.78 is 7.35. The molecule has 154 valence electrons. The van der Waals surface area contributed by atoms with Gasteiger partial charge >= 0.3 is 0 Å². The molecule has 0 aliphatic rings. The molecule has 0 bridgehead atoms. The summed E-state index contributed by atoms with van der Waals surface area (Å²) in [5.74, 6) is 1.20. The number of para-hydroxylation sites is 1. The fraction of sp³-hybridized carbons (Fsp3) is 0.524. The molecule has 1 aromatic heterocycles. The molecule has 7 heteroatoms. The topological polar surface area (TPSA) is 74.9 Å². The minimum Gasteiger partial charge on any atom is -0.389 e. The molecule has 0 saturated carbocycles. The average molecular weight is 388 g/mol. The number of ether oxygens (including phenoxy) is 1. The summed E-state index contributed by atoms with van der Waals surface area (Å²) in [6.45, 7) is 8.87. The molecule has 28 heavy (non-hydrogen) atoms. The van der Waals surface area contributed by atoms with E-state index in [1.54, 1.807) is 0 Å². The van der Waals surface area contributed by atoms with Crippen molar-refractivity contribution in [1.82, 2.24) is 20.0 Å². The van der Waals surface area contributed by atoms with E-state index in [1.807, 2.05) is 66.3 Å². The van der Waals surface area contributed by atoms with Crippen LogP contribution in [0, 0.1) is 5.92 Å². The summed E-state index contributed by atoms with van der Waals surface area (Å²) in [6.07, 6.45) is 3.27. The van der Waals surface area contributed by atoms with E-state index in [9.17, 15) is 5.11 Å². The van der Waals surface area contributed by atoms with Crippen LogP contribution in [0.15, 0.2) is 47.7 Å². The van der Waals surface area contributed by atoms with Crippen LogP contribution in [-0.2, 0) is 11.3 Å². The molecule has 1 unspecified atom stereocenters. The van der Waals surface area contributed by atoms with Gasteiger partial charge in [0, 0.05) is 38.5 Å². The highest BCUT2D eigenvalue weighted by Gasteiger charge is 2.11. The first-order chi connectivity index (χ1) is 13.5. The molecule has 0 fully saturated rings. The first-order valence-electron chi connectivity index (χ1n) is 9.83. The Bertz CT molecular complexity index is 715. The fourth-order valence-corrected chi connectivity index (χ4v) is 2.67. The zero-order valence-electron chi connectivity index (χ0n) is 17.4. The quantitative estimate of drug-likeness (QED) is 0.483. The minimum atomic E-state index is -0.610. The van der Waals surface area contributed by atoms with Crippen molar-refractivity contribution in [1.29, 1.82) is 0 Å². The van der Waals surface area contributed by atoms with Crippen molar-refractivity contribution >= 4 is 5.96 Å². The van der Waals surface area contributed by atoms with Gasteiger partial charge in [-0.2, -0.15) is 5.10 Å². The second-order valence-electron chi connectivity index (χ2n) is 7.26. The maximum absolute atomic E-state index is 10.1. The van der Waals surface area contributed by atoms with Crippen molar-refractivity contribution in [3.8, 4) is 5.69 Å². The summed E-state index contributed by atoms with van der Waals surface area (Å²) in [5, 5.41) is 17.8. The molecule has 0 amide bonds. The fourth-order valence-electron chi connectivity index (χ4n) is 2.67. The number of rotatable bonds is 10. The van der Waals surface area contributed by atoms with Crippen LogP contribution in [0.4, 0.5) is 0 Å². The Labute approximate surface area is 168 Å². The first kappa shape index (κ1) is 21.9. The third-order valence-corrected chi connectivity index (χ3v) is 3.99. The molecule has 1 atom stereocenters. The third-order valence-electron chi connectivity index (χ3n) is 3.99. The van der Waals surface area contributed by atoms with Crippen molar-refractivity contribution in [3.63, 3.8) is 0 Å². The molecular formula is C21H33N5O2. The summed E-state index contributed by atoms with van der Waals surface area (Å²) in [6, 6.07) is 10.0. The van der Waals surface area contributed by atoms with Crippen LogP contribution in [0.2, 0.25) is 0 Å². The number of aliphatic hydroxyl groups is 1. The minimum absolute atomic E-state index is 0.300. The van der Waals surface area contributed by atoms with Gasteiger partial charge in [-0.05, 0) is 25.0 Å². The second kappa shape index (κ2) is 11.5. The number of aliphatic imine (C=N–C) groups is 1. The molecule has 2 rings (SSSR count). The van der Waals surface area contributed by atoms with Crippen LogP contribution < -0.4 is 5.32 Å². The number of aromatic nitrogens is 2. The van der Waals surface area contributed by atoms with Crippen LogP contribution in [0.5, 0.6) is 0 Å². The van der Waals surface area contributed by atoms with Gasteiger partial charge in [0.1, 0.15) is 0 Å². The first-order valence-corrected chi connectivity index (χ1v) is 9.83. The molecular weight excluding hydrogens is 354 g/mol. The molecule has 0 saturated heterocycles. The summed E-state index contributed by atoms with van der Waals surface area (Å²) in [4.78, 5) is 6.57. The summed E-state index contributed by atoms with van der Waals surface area (Å²) in [5.41, 5.74) is 2.11. The predicted molar refractivity (Wildman–Crippen MR) is 113 cm³/mol. The van der Waals surface area contributed by atoms with Gasteiger partial charge in [0.15, 0.2) is 5.96 Å². The van der Waals surface area contributed by atoms with Crippen LogP contribution in [0.25, 0.3) is 5.69 Å². The second-order valence-corrected chi connectivity index (χ2v) is 7.26. The lowest BCUT2D eigenvalue weighted by atomic mass is 10.2. The molecule has 1 aromatic carbocycles. The van der Waals surface area contributed by atoms with Gasteiger partial charge in [-0.3, -0.25) is 4.99 Å². The lowest BCUT2D eigenvalue weighted by Gasteiger charge is -2.22. The van der Waals surface area contributed by atoms with Crippen molar-refractivity contribution in [2.45, 2.75) is 33.4 Å². The van der Waals surface area contributed by atoms with E-state index in [2.05, 4.69) is 29.3 Å². The normalized spacial score (nSPS) is 13.0. The highest BCUT2D eigenvalue weighted by Crippen LogP contribution is 2.09. The average Bonchev–Trinajstić information content (AvgIpc) is 3.14. The van der Waals surface area contributed by atoms with Crippen LogP contribution >= 0.6 is 0 Å². The maximum Gasteiger partial charge on any atom is 0.194 e. The van der Waals surface area contributed by atoms with Crippen molar-refractivity contribution in [2.24, 2.45) is 10.9 Å². The highest BCUT2D eigenvalue weighted by atomic mass is 16.5. The van der Waals surface area contributed by atoms with E-state index in [0.29, 0.717) is 32.2 Å². The molecule has 0 aliphatic heterocycles. The molecule has 0 aliphatic carbocycles. The zero-order valence-corrected chi connectivity index (χ0v) is 17.4. The number of nitrogens with one attached hydrogen (secondary N) is 1. The van der Waals surface area contributed by atoms with Crippen LogP contribution in [0.1, 0.15) is 26.3 Å². The Balaban J connectivity index is 1.93. The van der Waals surface area contributed by atoms with Gasteiger partial charge in [-0.15, -0.1) is 0 Å².